The molecule has 1 heterocycles. The van der Waals surface area contributed by atoms with Gasteiger partial charge in [-0.2, -0.15) is 0 Å². The van der Waals surface area contributed by atoms with Gasteiger partial charge in [0.05, 0.1) is 0 Å². The van der Waals surface area contributed by atoms with Crippen molar-refractivity contribution < 1.29 is 14.6 Å². The van der Waals surface area contributed by atoms with E-state index in [9.17, 15) is 9.90 Å². The van der Waals surface area contributed by atoms with Crippen molar-refractivity contribution in [1.82, 2.24) is 4.90 Å². The molecule has 1 saturated heterocycles. The third kappa shape index (κ3) is 4.51. The van der Waals surface area contributed by atoms with E-state index < -0.39 is 0 Å². The Bertz CT molecular complexity index is 949. The van der Waals surface area contributed by atoms with Crippen LogP contribution >= 0.6 is 0 Å². The highest BCUT2D eigenvalue weighted by molar-refractivity contribution is 5.79. The summed E-state index contributed by atoms with van der Waals surface area (Å²) in [6.45, 7) is 2.87. The van der Waals surface area contributed by atoms with Crippen LogP contribution in [0, 0.1) is 0 Å². The molecule has 3 aromatic carbocycles. The molecule has 1 amide bonds. The zero-order valence-corrected chi connectivity index (χ0v) is 16.2. The van der Waals surface area contributed by atoms with Crippen LogP contribution in [-0.4, -0.2) is 48.7 Å². The fourth-order valence-corrected chi connectivity index (χ4v) is 3.56. The second kappa shape index (κ2) is 8.69. The van der Waals surface area contributed by atoms with Crippen molar-refractivity contribution >= 4 is 11.6 Å². The number of phenols is 1. The van der Waals surface area contributed by atoms with E-state index in [1.807, 2.05) is 71.6 Å². The highest BCUT2D eigenvalue weighted by Crippen LogP contribution is 2.29. The molecule has 0 saturated carbocycles. The van der Waals surface area contributed by atoms with Gasteiger partial charge in [0.1, 0.15) is 11.5 Å². The van der Waals surface area contributed by atoms with E-state index in [1.165, 1.54) is 0 Å². The lowest BCUT2D eigenvalue weighted by atomic mass is 10.1. The van der Waals surface area contributed by atoms with Gasteiger partial charge in [0, 0.05) is 37.4 Å². The summed E-state index contributed by atoms with van der Waals surface area (Å²) in [6, 6.07) is 25.0. The summed E-state index contributed by atoms with van der Waals surface area (Å²) in [4.78, 5) is 16.7. The Hall–Kier alpha value is -3.47. The highest BCUT2D eigenvalue weighted by atomic mass is 16.5. The predicted octanol–water partition coefficient (Wildman–Crippen LogP) is 3.79. The molecule has 1 aliphatic rings. The van der Waals surface area contributed by atoms with Gasteiger partial charge in [0.2, 0.25) is 0 Å². The lowest BCUT2D eigenvalue weighted by Crippen LogP contribution is -2.50. The van der Waals surface area contributed by atoms with Crippen molar-refractivity contribution in [3.05, 3.63) is 78.9 Å². The molecule has 3 aromatic rings. The summed E-state index contributed by atoms with van der Waals surface area (Å²) in [6.07, 6.45) is 0. The number of hydrogen-bond donors (Lipinski definition) is 1. The maximum absolute atomic E-state index is 12.7. The molecule has 29 heavy (non-hydrogen) atoms. The molecule has 0 aromatic heterocycles. The Balaban J connectivity index is 1.34. The van der Waals surface area contributed by atoms with Crippen LogP contribution in [-0.2, 0) is 4.79 Å². The smallest absolute Gasteiger partial charge is 0.260 e. The summed E-state index contributed by atoms with van der Waals surface area (Å²) in [7, 11) is 0. The Morgan fingerprint density at radius 2 is 1.48 bits per heavy atom. The Kier molecular flexibility index (Phi) is 5.66. The van der Waals surface area contributed by atoms with Crippen LogP contribution in [0.5, 0.6) is 11.5 Å². The maximum Gasteiger partial charge on any atom is 0.260 e. The van der Waals surface area contributed by atoms with Crippen LogP contribution < -0.4 is 9.64 Å². The van der Waals surface area contributed by atoms with Crippen LogP contribution in [0.1, 0.15) is 0 Å². The number of para-hydroxylation sites is 1. The van der Waals surface area contributed by atoms with Gasteiger partial charge in [0.15, 0.2) is 6.61 Å². The van der Waals surface area contributed by atoms with Crippen molar-refractivity contribution in [2.45, 2.75) is 0 Å². The molecular weight excluding hydrogens is 364 g/mol. The van der Waals surface area contributed by atoms with Crippen molar-refractivity contribution in [3.8, 4) is 22.6 Å². The van der Waals surface area contributed by atoms with Crippen molar-refractivity contribution in [1.29, 1.82) is 0 Å². The summed E-state index contributed by atoms with van der Waals surface area (Å²) >= 11 is 0. The average molecular weight is 388 g/mol. The SMILES string of the molecule is O=C(COc1ccccc1-c1ccccc1)N1CCN(c2ccc(O)cc2)CC1. The average Bonchev–Trinajstić information content (AvgIpc) is 2.79. The van der Waals surface area contributed by atoms with Gasteiger partial charge in [0.25, 0.3) is 5.91 Å². The molecule has 5 nitrogen and oxygen atoms in total. The van der Waals surface area contributed by atoms with Crippen molar-refractivity contribution in [3.63, 3.8) is 0 Å². The molecule has 1 aliphatic heterocycles. The van der Waals surface area contributed by atoms with E-state index in [4.69, 9.17) is 4.74 Å². The monoisotopic (exact) mass is 388 g/mol. The largest absolute Gasteiger partial charge is 0.508 e. The minimum atomic E-state index is -0.00165. The number of benzene rings is 3. The first-order valence-electron chi connectivity index (χ1n) is 9.80. The van der Waals surface area contributed by atoms with Crippen LogP contribution in [0.25, 0.3) is 11.1 Å². The molecule has 4 rings (SSSR count). The summed E-state index contributed by atoms with van der Waals surface area (Å²) in [5, 5.41) is 9.43. The molecule has 0 aliphatic carbocycles. The number of ether oxygens (including phenoxy) is 1. The number of amides is 1. The number of carbonyl (C=O) groups excluding carboxylic acids is 1. The van der Waals surface area contributed by atoms with E-state index in [1.54, 1.807) is 12.1 Å². The molecule has 1 fully saturated rings. The van der Waals surface area contributed by atoms with Gasteiger partial charge >= 0.3 is 0 Å². The number of carbonyl (C=O) groups is 1. The lowest BCUT2D eigenvalue weighted by molar-refractivity contribution is -0.133. The number of anilines is 1. The standard InChI is InChI=1S/C24H24N2O3/c27-21-12-10-20(11-13-21)25-14-16-26(17-15-25)24(28)18-29-23-9-5-4-8-22(23)19-6-2-1-3-7-19/h1-13,27H,14-18H2. The van der Waals surface area contributed by atoms with Gasteiger partial charge in [-0.05, 0) is 35.9 Å². The van der Waals surface area contributed by atoms with Crippen LogP contribution in [0.2, 0.25) is 0 Å². The quantitative estimate of drug-likeness (QED) is 0.723. The van der Waals surface area contributed by atoms with Crippen LogP contribution in [0.15, 0.2) is 78.9 Å². The third-order valence-electron chi connectivity index (χ3n) is 5.17. The Morgan fingerprint density at radius 1 is 0.828 bits per heavy atom. The van der Waals surface area contributed by atoms with Gasteiger partial charge in [-0.25, -0.2) is 0 Å². The number of aromatic hydroxyl groups is 1. The highest BCUT2D eigenvalue weighted by Gasteiger charge is 2.22. The zero-order chi connectivity index (χ0) is 20.1. The number of nitrogens with zero attached hydrogens (tertiary/aromatic N) is 2. The van der Waals surface area contributed by atoms with E-state index in [0.29, 0.717) is 13.1 Å². The van der Waals surface area contributed by atoms with E-state index in [-0.39, 0.29) is 18.3 Å². The molecule has 0 radical (unpaired) electrons. The summed E-state index contributed by atoms with van der Waals surface area (Å²) in [5.74, 6) is 0.975. The van der Waals surface area contributed by atoms with Crippen molar-refractivity contribution in [2.75, 3.05) is 37.7 Å². The van der Waals surface area contributed by atoms with Gasteiger partial charge < -0.3 is 19.6 Å². The maximum atomic E-state index is 12.7. The van der Waals surface area contributed by atoms with E-state index >= 15 is 0 Å². The Morgan fingerprint density at radius 3 is 2.21 bits per heavy atom. The number of piperazine rings is 1. The second-order valence-electron chi connectivity index (χ2n) is 7.04. The summed E-state index contributed by atoms with van der Waals surface area (Å²) in [5.41, 5.74) is 3.11. The number of phenolic OH excluding ortho intramolecular Hbond substituents is 1. The molecule has 148 valence electrons. The Labute approximate surface area is 170 Å². The van der Waals surface area contributed by atoms with Crippen LogP contribution in [0.3, 0.4) is 0 Å². The molecular formula is C24H24N2O3. The zero-order valence-electron chi connectivity index (χ0n) is 16.2. The third-order valence-corrected chi connectivity index (χ3v) is 5.17. The van der Waals surface area contributed by atoms with Gasteiger partial charge in [-0.1, -0.05) is 48.5 Å². The van der Waals surface area contributed by atoms with E-state index in [0.717, 1.165) is 35.7 Å². The van der Waals surface area contributed by atoms with Crippen molar-refractivity contribution in [2.24, 2.45) is 0 Å². The topological polar surface area (TPSA) is 53.0 Å². The molecule has 5 heteroatoms. The molecule has 0 bridgehead atoms. The lowest BCUT2D eigenvalue weighted by Gasteiger charge is -2.36. The van der Waals surface area contributed by atoms with Crippen LogP contribution in [0.4, 0.5) is 5.69 Å². The molecule has 0 unspecified atom stereocenters. The van der Waals surface area contributed by atoms with Gasteiger partial charge in [-0.3, -0.25) is 4.79 Å². The minimum Gasteiger partial charge on any atom is -0.508 e. The fraction of sp³-hybridized carbons (Fsp3) is 0.208. The minimum absolute atomic E-state index is 0.00165. The second-order valence-corrected chi connectivity index (χ2v) is 7.04. The number of rotatable bonds is 5. The predicted molar refractivity (Wildman–Crippen MR) is 114 cm³/mol. The molecule has 0 spiro atoms. The fourth-order valence-electron chi connectivity index (χ4n) is 3.56. The van der Waals surface area contributed by atoms with E-state index in [2.05, 4.69) is 4.90 Å². The first-order valence-corrected chi connectivity index (χ1v) is 9.80. The molecule has 0 atom stereocenters. The summed E-state index contributed by atoms with van der Waals surface area (Å²) < 4.78 is 5.90. The first-order chi connectivity index (χ1) is 14.2. The first kappa shape index (κ1) is 18.9. The molecule has 1 N–H and O–H groups in total. The normalized spacial score (nSPS) is 13.9. The van der Waals surface area contributed by atoms with Gasteiger partial charge in [-0.15, -0.1) is 0 Å². The number of hydrogen-bond acceptors (Lipinski definition) is 4.